The van der Waals surface area contributed by atoms with Gasteiger partial charge in [0.25, 0.3) is 0 Å². The van der Waals surface area contributed by atoms with Gasteiger partial charge in [-0.2, -0.15) is 0 Å². The quantitative estimate of drug-likeness (QED) is 0.760. The lowest BCUT2D eigenvalue weighted by atomic mass is 9.73. The number of nitrogens with zero attached hydrogens (tertiary/aromatic N) is 1. The maximum atomic E-state index is 9.18. The van der Waals surface area contributed by atoms with Crippen molar-refractivity contribution >= 4 is 0 Å². The molecule has 3 heteroatoms. The lowest BCUT2D eigenvalue weighted by molar-refractivity contribution is 0.116. The predicted molar refractivity (Wildman–Crippen MR) is 75.3 cm³/mol. The fraction of sp³-hybridized carbons (Fsp3) is 1.00. The van der Waals surface area contributed by atoms with E-state index in [9.17, 15) is 5.11 Å². The molecule has 106 valence electrons. The van der Waals surface area contributed by atoms with E-state index >= 15 is 0 Å². The third-order valence-electron chi connectivity index (χ3n) is 4.94. The Bertz CT molecular complexity index is 253. The molecule has 3 nitrogen and oxygen atoms in total. The molecule has 0 spiro atoms. The van der Waals surface area contributed by atoms with Crippen LogP contribution in [0.5, 0.6) is 0 Å². The van der Waals surface area contributed by atoms with Crippen LogP contribution in [-0.2, 0) is 0 Å². The van der Waals surface area contributed by atoms with E-state index in [1.165, 1.54) is 32.1 Å². The molecule has 3 atom stereocenters. The van der Waals surface area contributed by atoms with Crippen molar-refractivity contribution in [1.82, 2.24) is 4.90 Å². The molecule has 0 aromatic rings. The standard InChI is InChI=1S/C15H30N2O/c1-11(2)12-3-6-15(16)13(9-12)10-17(7-8-18)14-4-5-14/h11-15,18H,3-10,16H2,1-2H3. The van der Waals surface area contributed by atoms with Crippen LogP contribution in [0, 0.1) is 17.8 Å². The minimum Gasteiger partial charge on any atom is -0.395 e. The van der Waals surface area contributed by atoms with Crippen LogP contribution in [0.4, 0.5) is 0 Å². The van der Waals surface area contributed by atoms with Gasteiger partial charge in [0.1, 0.15) is 0 Å². The second-order valence-corrected chi connectivity index (χ2v) is 6.69. The average molecular weight is 254 g/mol. The van der Waals surface area contributed by atoms with Crippen LogP contribution in [0.25, 0.3) is 0 Å². The van der Waals surface area contributed by atoms with Crippen molar-refractivity contribution in [3.05, 3.63) is 0 Å². The van der Waals surface area contributed by atoms with E-state index in [1.807, 2.05) is 0 Å². The predicted octanol–water partition coefficient (Wildman–Crippen LogP) is 1.84. The normalized spacial score (nSPS) is 33.3. The molecule has 0 aromatic carbocycles. The molecule has 2 fully saturated rings. The summed E-state index contributed by atoms with van der Waals surface area (Å²) in [6.45, 7) is 6.90. The third-order valence-corrected chi connectivity index (χ3v) is 4.94. The summed E-state index contributed by atoms with van der Waals surface area (Å²) < 4.78 is 0. The molecule has 2 saturated carbocycles. The van der Waals surface area contributed by atoms with E-state index < -0.39 is 0 Å². The maximum Gasteiger partial charge on any atom is 0.0558 e. The van der Waals surface area contributed by atoms with Crippen molar-refractivity contribution in [3.63, 3.8) is 0 Å². The lowest BCUT2D eigenvalue weighted by Crippen LogP contribution is -2.45. The van der Waals surface area contributed by atoms with Gasteiger partial charge in [-0.1, -0.05) is 13.8 Å². The third kappa shape index (κ3) is 3.69. The van der Waals surface area contributed by atoms with E-state index in [1.54, 1.807) is 0 Å². The zero-order valence-corrected chi connectivity index (χ0v) is 12.0. The summed E-state index contributed by atoms with van der Waals surface area (Å²) in [5.74, 6) is 2.27. The van der Waals surface area contributed by atoms with Crippen LogP contribution < -0.4 is 5.73 Å². The van der Waals surface area contributed by atoms with Gasteiger partial charge in [0.15, 0.2) is 0 Å². The first-order valence-corrected chi connectivity index (χ1v) is 7.72. The summed E-state index contributed by atoms with van der Waals surface area (Å²) >= 11 is 0. The van der Waals surface area contributed by atoms with Crippen molar-refractivity contribution in [2.45, 2.75) is 58.0 Å². The van der Waals surface area contributed by atoms with E-state index in [-0.39, 0.29) is 6.61 Å². The van der Waals surface area contributed by atoms with E-state index in [4.69, 9.17) is 5.73 Å². The van der Waals surface area contributed by atoms with Gasteiger partial charge < -0.3 is 10.8 Å². The van der Waals surface area contributed by atoms with Crippen LogP contribution in [0.1, 0.15) is 46.0 Å². The minimum absolute atomic E-state index is 0.284. The molecule has 3 N–H and O–H groups in total. The van der Waals surface area contributed by atoms with E-state index in [0.29, 0.717) is 12.0 Å². The Kier molecular flexibility index (Phi) is 5.05. The second kappa shape index (κ2) is 6.36. The highest BCUT2D eigenvalue weighted by atomic mass is 16.3. The van der Waals surface area contributed by atoms with Crippen molar-refractivity contribution < 1.29 is 5.11 Å². The summed E-state index contributed by atoms with van der Waals surface area (Å²) in [6, 6.07) is 1.11. The van der Waals surface area contributed by atoms with Gasteiger partial charge in [-0.3, -0.25) is 4.90 Å². The minimum atomic E-state index is 0.284. The van der Waals surface area contributed by atoms with Crippen molar-refractivity contribution in [3.8, 4) is 0 Å². The van der Waals surface area contributed by atoms with Crippen molar-refractivity contribution in [2.24, 2.45) is 23.5 Å². The smallest absolute Gasteiger partial charge is 0.0558 e. The first-order valence-electron chi connectivity index (χ1n) is 7.72. The Balaban J connectivity index is 1.88. The molecule has 3 unspecified atom stereocenters. The van der Waals surface area contributed by atoms with Crippen molar-refractivity contribution in [2.75, 3.05) is 19.7 Å². The number of rotatable bonds is 6. The van der Waals surface area contributed by atoms with Crippen molar-refractivity contribution in [1.29, 1.82) is 0 Å². The SMILES string of the molecule is CC(C)C1CCC(N)C(CN(CCO)C2CC2)C1. The van der Waals surface area contributed by atoms with Gasteiger partial charge in [0.05, 0.1) is 6.61 Å². The molecule has 0 aromatic heterocycles. The molecule has 2 aliphatic carbocycles. The van der Waals surface area contributed by atoms with Crippen LogP contribution in [0.3, 0.4) is 0 Å². The molecule has 2 rings (SSSR count). The Morgan fingerprint density at radius 1 is 1.22 bits per heavy atom. The molecule has 0 amide bonds. The van der Waals surface area contributed by atoms with Gasteiger partial charge in [-0.25, -0.2) is 0 Å². The Hall–Kier alpha value is -0.120. The molecule has 0 heterocycles. The second-order valence-electron chi connectivity index (χ2n) is 6.69. The van der Waals surface area contributed by atoms with Gasteiger partial charge in [-0.15, -0.1) is 0 Å². The van der Waals surface area contributed by atoms with Crippen LogP contribution in [0.15, 0.2) is 0 Å². The van der Waals surface area contributed by atoms with Gasteiger partial charge >= 0.3 is 0 Å². The molecule has 0 radical (unpaired) electrons. The van der Waals surface area contributed by atoms with Gasteiger partial charge in [0, 0.05) is 25.2 Å². The van der Waals surface area contributed by atoms with Gasteiger partial charge in [0.2, 0.25) is 0 Å². The first-order chi connectivity index (χ1) is 8.61. The summed E-state index contributed by atoms with van der Waals surface area (Å²) in [7, 11) is 0. The monoisotopic (exact) mass is 254 g/mol. The highest BCUT2D eigenvalue weighted by molar-refractivity contribution is 4.90. The van der Waals surface area contributed by atoms with Crippen LogP contribution in [-0.4, -0.2) is 41.8 Å². The summed E-state index contributed by atoms with van der Waals surface area (Å²) in [5.41, 5.74) is 6.32. The van der Waals surface area contributed by atoms with Crippen LogP contribution >= 0.6 is 0 Å². The fourth-order valence-corrected chi connectivity index (χ4v) is 3.43. The molecule has 18 heavy (non-hydrogen) atoms. The zero-order valence-electron chi connectivity index (χ0n) is 12.0. The topological polar surface area (TPSA) is 49.5 Å². The number of aliphatic hydroxyl groups excluding tert-OH is 1. The average Bonchev–Trinajstić information content (AvgIpc) is 3.14. The van der Waals surface area contributed by atoms with Gasteiger partial charge in [-0.05, 0) is 49.9 Å². The van der Waals surface area contributed by atoms with E-state index in [0.717, 1.165) is 31.0 Å². The highest BCUT2D eigenvalue weighted by Gasteiger charge is 2.35. The molecular weight excluding hydrogens is 224 g/mol. The summed E-state index contributed by atoms with van der Waals surface area (Å²) in [6.07, 6.45) is 6.41. The summed E-state index contributed by atoms with van der Waals surface area (Å²) in [5, 5.41) is 9.18. The van der Waals surface area contributed by atoms with Crippen LogP contribution in [0.2, 0.25) is 0 Å². The number of nitrogens with two attached hydrogens (primary N) is 1. The number of aliphatic hydroxyl groups is 1. The molecule has 0 saturated heterocycles. The number of hydrogen-bond acceptors (Lipinski definition) is 3. The number of hydrogen-bond donors (Lipinski definition) is 2. The lowest BCUT2D eigenvalue weighted by Gasteiger charge is -2.38. The Labute approximate surface area is 112 Å². The molecule has 0 aliphatic heterocycles. The molecule has 0 bridgehead atoms. The zero-order chi connectivity index (χ0) is 13.1. The highest BCUT2D eigenvalue weighted by Crippen LogP contribution is 2.35. The fourth-order valence-electron chi connectivity index (χ4n) is 3.43. The maximum absolute atomic E-state index is 9.18. The Morgan fingerprint density at radius 2 is 1.94 bits per heavy atom. The molecular formula is C15H30N2O. The van der Waals surface area contributed by atoms with E-state index in [2.05, 4.69) is 18.7 Å². The molecule has 2 aliphatic rings. The Morgan fingerprint density at radius 3 is 2.50 bits per heavy atom. The first kappa shape index (κ1) is 14.3. The summed E-state index contributed by atoms with van der Waals surface area (Å²) in [4.78, 5) is 2.48. The largest absolute Gasteiger partial charge is 0.395 e.